The maximum absolute atomic E-state index is 5.47. The molecule has 0 amide bonds. The largest absolute Gasteiger partial charge is 0.384 e. The van der Waals surface area contributed by atoms with Crippen LogP contribution in [0.2, 0.25) is 0 Å². The zero-order valence-electron chi connectivity index (χ0n) is 8.09. The molecule has 0 saturated heterocycles. The number of nitrogens with zero attached hydrogens (tertiary/aromatic N) is 3. The van der Waals surface area contributed by atoms with Crippen molar-refractivity contribution in [3.63, 3.8) is 0 Å². The Labute approximate surface area is 87.4 Å². The topological polar surface area (TPSA) is 76.7 Å². The van der Waals surface area contributed by atoms with Gasteiger partial charge in [-0.05, 0) is 18.2 Å². The number of hydrogen-bond acceptors (Lipinski definition) is 5. The molecule has 0 atom stereocenters. The van der Waals surface area contributed by atoms with Crippen molar-refractivity contribution in [1.82, 2.24) is 15.0 Å². The first-order valence-electron chi connectivity index (χ1n) is 4.55. The van der Waals surface area contributed by atoms with Gasteiger partial charge in [0.2, 0.25) is 0 Å². The summed E-state index contributed by atoms with van der Waals surface area (Å²) in [5.74, 6) is 0.516. The van der Waals surface area contributed by atoms with E-state index in [-0.39, 0.29) is 0 Å². The van der Waals surface area contributed by atoms with Gasteiger partial charge in [-0.25, -0.2) is 15.0 Å². The first-order valence-corrected chi connectivity index (χ1v) is 4.55. The lowest BCUT2D eigenvalue weighted by atomic mass is 10.3. The third kappa shape index (κ3) is 2.63. The van der Waals surface area contributed by atoms with Crippen LogP contribution in [0.15, 0.2) is 36.9 Å². The summed E-state index contributed by atoms with van der Waals surface area (Å²) in [7, 11) is 0. The Hall–Kier alpha value is -2.17. The average molecular weight is 201 g/mol. The number of aromatic nitrogens is 3. The third-order valence-electron chi connectivity index (χ3n) is 1.90. The molecule has 0 fully saturated rings. The summed E-state index contributed by atoms with van der Waals surface area (Å²) >= 11 is 0. The molecule has 76 valence electrons. The average Bonchev–Trinajstić information content (AvgIpc) is 2.30. The summed E-state index contributed by atoms with van der Waals surface area (Å²) in [5.41, 5.74) is 7.33. The maximum atomic E-state index is 5.47. The van der Waals surface area contributed by atoms with Crippen molar-refractivity contribution in [3.8, 4) is 0 Å². The van der Waals surface area contributed by atoms with Gasteiger partial charge in [0.1, 0.15) is 12.1 Å². The van der Waals surface area contributed by atoms with E-state index < -0.39 is 0 Å². The lowest BCUT2D eigenvalue weighted by Gasteiger charge is -2.04. The highest BCUT2D eigenvalue weighted by Gasteiger charge is 1.94. The summed E-state index contributed by atoms with van der Waals surface area (Å²) in [6.45, 7) is 0.647. The molecule has 2 aromatic heterocycles. The SMILES string of the molecule is Nc1ccc(NCc2ccncn2)cn1. The molecule has 15 heavy (non-hydrogen) atoms. The lowest BCUT2D eigenvalue weighted by Crippen LogP contribution is -2.02. The minimum absolute atomic E-state index is 0.516. The summed E-state index contributed by atoms with van der Waals surface area (Å²) in [6.07, 6.45) is 4.93. The summed E-state index contributed by atoms with van der Waals surface area (Å²) in [5, 5.41) is 3.18. The van der Waals surface area contributed by atoms with E-state index in [0.29, 0.717) is 12.4 Å². The molecule has 0 aliphatic heterocycles. The van der Waals surface area contributed by atoms with E-state index in [9.17, 15) is 0 Å². The molecule has 2 aromatic rings. The van der Waals surface area contributed by atoms with Crippen molar-refractivity contribution in [3.05, 3.63) is 42.6 Å². The molecule has 0 unspecified atom stereocenters. The molecule has 0 spiro atoms. The van der Waals surface area contributed by atoms with E-state index in [0.717, 1.165) is 11.4 Å². The summed E-state index contributed by atoms with van der Waals surface area (Å²) in [6, 6.07) is 5.49. The summed E-state index contributed by atoms with van der Waals surface area (Å²) in [4.78, 5) is 11.9. The predicted molar refractivity (Wildman–Crippen MR) is 58.0 cm³/mol. The molecule has 3 N–H and O–H groups in total. The molecule has 0 bridgehead atoms. The fourth-order valence-electron chi connectivity index (χ4n) is 1.13. The molecule has 0 aliphatic rings. The first-order chi connectivity index (χ1) is 7.34. The highest BCUT2D eigenvalue weighted by atomic mass is 14.9. The van der Waals surface area contributed by atoms with Gasteiger partial charge in [-0.2, -0.15) is 0 Å². The molecule has 2 rings (SSSR count). The summed E-state index contributed by atoms with van der Waals surface area (Å²) < 4.78 is 0. The van der Waals surface area contributed by atoms with Crippen LogP contribution in [-0.2, 0) is 6.54 Å². The van der Waals surface area contributed by atoms with Crippen LogP contribution in [0.5, 0.6) is 0 Å². The van der Waals surface area contributed by atoms with Gasteiger partial charge in [-0.15, -0.1) is 0 Å². The van der Waals surface area contributed by atoms with E-state index in [1.54, 1.807) is 18.5 Å². The van der Waals surface area contributed by atoms with E-state index in [2.05, 4.69) is 20.3 Å². The maximum Gasteiger partial charge on any atom is 0.123 e. The Bertz CT molecular complexity index is 412. The van der Waals surface area contributed by atoms with E-state index in [4.69, 9.17) is 5.73 Å². The van der Waals surface area contributed by atoms with Crippen LogP contribution >= 0.6 is 0 Å². The molecular weight excluding hydrogens is 190 g/mol. The molecule has 0 saturated carbocycles. The molecule has 2 heterocycles. The van der Waals surface area contributed by atoms with Crippen LogP contribution in [0.3, 0.4) is 0 Å². The van der Waals surface area contributed by atoms with Crippen LogP contribution in [-0.4, -0.2) is 15.0 Å². The van der Waals surface area contributed by atoms with Gasteiger partial charge in [0.05, 0.1) is 24.1 Å². The van der Waals surface area contributed by atoms with Gasteiger partial charge < -0.3 is 11.1 Å². The fourth-order valence-corrected chi connectivity index (χ4v) is 1.13. The number of nitrogen functional groups attached to an aromatic ring is 1. The number of nitrogens with one attached hydrogen (secondary N) is 1. The number of pyridine rings is 1. The van der Waals surface area contributed by atoms with Gasteiger partial charge in [-0.1, -0.05) is 0 Å². The van der Waals surface area contributed by atoms with Crippen molar-refractivity contribution < 1.29 is 0 Å². The minimum atomic E-state index is 0.516. The number of hydrogen-bond donors (Lipinski definition) is 2. The Morgan fingerprint density at radius 2 is 2.13 bits per heavy atom. The zero-order chi connectivity index (χ0) is 10.5. The normalized spacial score (nSPS) is 9.87. The second kappa shape index (κ2) is 4.36. The standard InChI is InChI=1S/C10H11N5/c11-10-2-1-8(6-14-10)13-5-9-3-4-12-7-15-9/h1-4,6-7,13H,5H2,(H2,11,14). The number of anilines is 2. The van der Waals surface area contributed by atoms with E-state index >= 15 is 0 Å². The molecule has 0 aromatic carbocycles. The van der Waals surface area contributed by atoms with Gasteiger partial charge in [-0.3, -0.25) is 0 Å². The van der Waals surface area contributed by atoms with Crippen LogP contribution in [0, 0.1) is 0 Å². The molecule has 0 aliphatic carbocycles. The van der Waals surface area contributed by atoms with Crippen molar-refractivity contribution in [2.24, 2.45) is 0 Å². The van der Waals surface area contributed by atoms with Gasteiger partial charge in [0, 0.05) is 6.20 Å². The monoisotopic (exact) mass is 201 g/mol. The van der Waals surface area contributed by atoms with Crippen LogP contribution in [0.1, 0.15) is 5.69 Å². The number of rotatable bonds is 3. The zero-order valence-corrected chi connectivity index (χ0v) is 8.09. The Kier molecular flexibility index (Phi) is 2.73. The molecular formula is C10H11N5. The highest BCUT2D eigenvalue weighted by Crippen LogP contribution is 2.07. The molecule has 0 radical (unpaired) electrons. The van der Waals surface area contributed by atoms with Gasteiger partial charge in [0.25, 0.3) is 0 Å². The second-order valence-electron chi connectivity index (χ2n) is 3.03. The van der Waals surface area contributed by atoms with Crippen molar-refractivity contribution >= 4 is 11.5 Å². The Balaban J connectivity index is 1.96. The van der Waals surface area contributed by atoms with Crippen molar-refractivity contribution in [2.45, 2.75) is 6.54 Å². The quantitative estimate of drug-likeness (QED) is 0.776. The molecule has 5 nitrogen and oxygen atoms in total. The van der Waals surface area contributed by atoms with Gasteiger partial charge >= 0.3 is 0 Å². The third-order valence-corrected chi connectivity index (χ3v) is 1.90. The van der Waals surface area contributed by atoms with Crippen molar-refractivity contribution in [1.29, 1.82) is 0 Å². The van der Waals surface area contributed by atoms with Crippen LogP contribution in [0.4, 0.5) is 11.5 Å². The Morgan fingerprint density at radius 1 is 1.20 bits per heavy atom. The van der Waals surface area contributed by atoms with Crippen molar-refractivity contribution in [2.75, 3.05) is 11.1 Å². The highest BCUT2D eigenvalue weighted by molar-refractivity contribution is 5.45. The number of nitrogens with two attached hydrogens (primary N) is 1. The second-order valence-corrected chi connectivity index (χ2v) is 3.03. The predicted octanol–water partition coefficient (Wildman–Crippen LogP) is 1.07. The fraction of sp³-hybridized carbons (Fsp3) is 0.100. The Morgan fingerprint density at radius 3 is 2.80 bits per heavy atom. The molecule has 5 heteroatoms. The van der Waals surface area contributed by atoms with Gasteiger partial charge in [0.15, 0.2) is 0 Å². The lowest BCUT2D eigenvalue weighted by molar-refractivity contribution is 1.00. The van der Waals surface area contributed by atoms with Crippen LogP contribution < -0.4 is 11.1 Å². The smallest absolute Gasteiger partial charge is 0.123 e. The minimum Gasteiger partial charge on any atom is -0.384 e. The first kappa shape index (κ1) is 9.39. The van der Waals surface area contributed by atoms with Crippen LogP contribution in [0.25, 0.3) is 0 Å². The van der Waals surface area contributed by atoms with E-state index in [1.165, 1.54) is 6.33 Å². The van der Waals surface area contributed by atoms with E-state index in [1.807, 2.05) is 12.1 Å².